The third-order valence-corrected chi connectivity index (χ3v) is 8.36. The van der Waals surface area contributed by atoms with Crippen molar-refractivity contribution < 1.29 is 22.4 Å². The second-order valence-electron chi connectivity index (χ2n) is 9.72. The van der Waals surface area contributed by atoms with Crippen molar-refractivity contribution in [2.45, 2.75) is 58.1 Å². The molecule has 0 radical (unpaired) electrons. The number of amides is 2. The van der Waals surface area contributed by atoms with Gasteiger partial charge in [0.1, 0.15) is 18.4 Å². The van der Waals surface area contributed by atoms with Crippen LogP contribution in [0.25, 0.3) is 0 Å². The molecule has 3 aromatic carbocycles. The number of benzene rings is 3. The summed E-state index contributed by atoms with van der Waals surface area (Å²) >= 11 is 5.98. The topological polar surface area (TPSA) is 86.8 Å². The summed E-state index contributed by atoms with van der Waals surface area (Å²) in [7, 11) is -4.20. The molecule has 7 nitrogen and oxygen atoms in total. The second-order valence-corrected chi connectivity index (χ2v) is 12.0. The van der Waals surface area contributed by atoms with Gasteiger partial charge in [0.25, 0.3) is 10.0 Å². The summed E-state index contributed by atoms with van der Waals surface area (Å²) in [5, 5.41) is 3.17. The lowest BCUT2D eigenvalue weighted by Gasteiger charge is -2.32. The van der Waals surface area contributed by atoms with Crippen LogP contribution in [0.2, 0.25) is 5.02 Å². The molecule has 2 amide bonds. The van der Waals surface area contributed by atoms with Gasteiger partial charge in [-0.15, -0.1) is 0 Å². The van der Waals surface area contributed by atoms with Crippen molar-refractivity contribution in [3.63, 3.8) is 0 Å². The van der Waals surface area contributed by atoms with E-state index in [1.807, 2.05) is 13.8 Å². The molecule has 0 aromatic heterocycles. The van der Waals surface area contributed by atoms with Gasteiger partial charge in [-0.05, 0) is 99.8 Å². The van der Waals surface area contributed by atoms with E-state index in [0.29, 0.717) is 16.3 Å². The van der Waals surface area contributed by atoms with Crippen LogP contribution >= 0.6 is 11.6 Å². The summed E-state index contributed by atoms with van der Waals surface area (Å²) in [5.41, 5.74) is 2.71. The summed E-state index contributed by atoms with van der Waals surface area (Å²) in [6, 6.07) is 15.3. The van der Waals surface area contributed by atoms with Gasteiger partial charge in [-0.25, -0.2) is 12.8 Å². The van der Waals surface area contributed by atoms with Crippen molar-refractivity contribution in [1.82, 2.24) is 10.2 Å². The first kappa shape index (κ1) is 30.1. The van der Waals surface area contributed by atoms with Gasteiger partial charge >= 0.3 is 0 Å². The number of rotatable bonds is 10. The zero-order chi connectivity index (χ0) is 28.9. The Bertz CT molecular complexity index is 1430. The highest BCUT2D eigenvalue weighted by atomic mass is 35.5. The molecule has 0 bridgehead atoms. The first-order valence-electron chi connectivity index (χ1n) is 12.5. The second kappa shape index (κ2) is 12.6. The summed E-state index contributed by atoms with van der Waals surface area (Å²) in [5.74, 6) is -1.42. The molecular formula is C29H33ClFN3O4S. The van der Waals surface area contributed by atoms with E-state index in [9.17, 15) is 22.4 Å². The Morgan fingerprint density at radius 2 is 1.54 bits per heavy atom. The largest absolute Gasteiger partial charge is 0.352 e. The lowest BCUT2D eigenvalue weighted by atomic mass is 10.1. The highest BCUT2D eigenvalue weighted by molar-refractivity contribution is 7.92. The zero-order valence-electron chi connectivity index (χ0n) is 22.6. The van der Waals surface area contributed by atoms with Crippen LogP contribution in [-0.4, -0.2) is 43.8 Å². The predicted molar refractivity (Wildman–Crippen MR) is 152 cm³/mol. The van der Waals surface area contributed by atoms with Crippen molar-refractivity contribution in [1.29, 1.82) is 0 Å². The molecule has 3 aromatic rings. The molecule has 0 saturated heterocycles. The molecule has 0 heterocycles. The molecule has 3 rings (SSSR count). The standard InChI is InChI=1S/C29H33ClFN3O4S/c1-19(2)32-29(36)22(5)33(17-23-7-11-25(31)12-8-23)28(35)18-34(26-13-6-20(3)21(4)16-26)39(37,38)27-14-9-24(30)10-15-27/h6-16,19,22H,17-18H2,1-5H3,(H,32,36)/t22-/m1/s1. The van der Waals surface area contributed by atoms with Gasteiger partial charge in [0.15, 0.2) is 0 Å². The Morgan fingerprint density at radius 3 is 2.10 bits per heavy atom. The molecule has 10 heteroatoms. The highest BCUT2D eigenvalue weighted by Gasteiger charge is 2.32. The molecule has 0 aliphatic carbocycles. The van der Waals surface area contributed by atoms with E-state index in [1.165, 1.54) is 53.4 Å². The number of sulfonamides is 1. The minimum atomic E-state index is -4.20. The SMILES string of the molecule is Cc1ccc(N(CC(=O)N(Cc2ccc(F)cc2)[C@H](C)C(=O)NC(C)C)S(=O)(=O)c2ccc(Cl)cc2)cc1C. The van der Waals surface area contributed by atoms with Crippen LogP contribution in [0.15, 0.2) is 71.6 Å². The van der Waals surface area contributed by atoms with Crippen LogP contribution in [0.1, 0.15) is 37.5 Å². The molecule has 39 heavy (non-hydrogen) atoms. The van der Waals surface area contributed by atoms with Crippen LogP contribution in [0.5, 0.6) is 0 Å². The van der Waals surface area contributed by atoms with E-state index in [0.717, 1.165) is 15.4 Å². The number of anilines is 1. The number of carbonyl (C=O) groups is 2. The number of nitrogens with zero attached hydrogens (tertiary/aromatic N) is 2. The van der Waals surface area contributed by atoms with Gasteiger partial charge in [-0.2, -0.15) is 0 Å². The number of aryl methyl sites for hydroxylation is 2. The van der Waals surface area contributed by atoms with E-state index in [4.69, 9.17) is 11.6 Å². The highest BCUT2D eigenvalue weighted by Crippen LogP contribution is 2.27. The summed E-state index contributed by atoms with van der Waals surface area (Å²) < 4.78 is 42.2. The fourth-order valence-electron chi connectivity index (χ4n) is 3.92. The van der Waals surface area contributed by atoms with Crippen LogP contribution in [-0.2, 0) is 26.2 Å². The van der Waals surface area contributed by atoms with Crippen LogP contribution in [0.3, 0.4) is 0 Å². The Morgan fingerprint density at radius 1 is 0.923 bits per heavy atom. The maximum atomic E-state index is 13.9. The van der Waals surface area contributed by atoms with Crippen molar-refractivity contribution in [2.24, 2.45) is 0 Å². The minimum Gasteiger partial charge on any atom is -0.352 e. The Hall–Kier alpha value is -3.43. The van der Waals surface area contributed by atoms with Gasteiger partial charge in [0.05, 0.1) is 10.6 Å². The zero-order valence-corrected chi connectivity index (χ0v) is 24.2. The molecule has 0 spiro atoms. The summed E-state index contributed by atoms with van der Waals surface area (Å²) in [6.45, 7) is 8.36. The molecule has 0 aliphatic heterocycles. The van der Waals surface area contributed by atoms with Gasteiger partial charge < -0.3 is 10.2 Å². The Kier molecular flexibility index (Phi) is 9.74. The van der Waals surface area contributed by atoms with Gasteiger partial charge in [0, 0.05) is 17.6 Å². The van der Waals surface area contributed by atoms with Gasteiger partial charge in [0.2, 0.25) is 11.8 Å². The molecule has 0 aliphatic rings. The third kappa shape index (κ3) is 7.58. The lowest BCUT2D eigenvalue weighted by molar-refractivity contribution is -0.139. The van der Waals surface area contributed by atoms with Crippen molar-refractivity contribution in [3.8, 4) is 0 Å². The van der Waals surface area contributed by atoms with E-state index < -0.39 is 40.2 Å². The van der Waals surface area contributed by atoms with E-state index >= 15 is 0 Å². The minimum absolute atomic E-state index is 0.0203. The number of hydrogen-bond donors (Lipinski definition) is 1. The first-order valence-corrected chi connectivity index (χ1v) is 14.3. The van der Waals surface area contributed by atoms with Crippen LogP contribution in [0, 0.1) is 19.7 Å². The summed E-state index contributed by atoms with van der Waals surface area (Å²) in [4.78, 5) is 28.0. The monoisotopic (exact) mass is 573 g/mol. The molecule has 0 unspecified atom stereocenters. The fourth-order valence-corrected chi connectivity index (χ4v) is 5.45. The van der Waals surface area contributed by atoms with Crippen molar-refractivity contribution in [2.75, 3.05) is 10.8 Å². The Balaban J connectivity index is 2.05. The summed E-state index contributed by atoms with van der Waals surface area (Å²) in [6.07, 6.45) is 0. The van der Waals surface area contributed by atoms with Gasteiger partial charge in [-0.1, -0.05) is 29.8 Å². The normalized spacial score (nSPS) is 12.2. The molecule has 0 fully saturated rings. The van der Waals surface area contributed by atoms with Crippen LogP contribution in [0.4, 0.5) is 10.1 Å². The molecule has 0 saturated carbocycles. The fraction of sp³-hybridized carbons (Fsp3) is 0.310. The van der Waals surface area contributed by atoms with E-state index in [2.05, 4.69) is 5.32 Å². The van der Waals surface area contributed by atoms with Crippen molar-refractivity contribution >= 4 is 39.1 Å². The average Bonchev–Trinajstić information content (AvgIpc) is 2.88. The molecular weight excluding hydrogens is 541 g/mol. The first-order chi connectivity index (χ1) is 18.3. The van der Waals surface area contributed by atoms with E-state index in [-0.39, 0.29) is 17.5 Å². The Labute approximate surface area is 234 Å². The molecule has 1 atom stereocenters. The van der Waals surface area contributed by atoms with E-state index in [1.54, 1.807) is 39.0 Å². The number of halogens is 2. The molecule has 1 N–H and O–H groups in total. The average molecular weight is 574 g/mol. The maximum Gasteiger partial charge on any atom is 0.264 e. The number of carbonyl (C=O) groups excluding carboxylic acids is 2. The number of nitrogens with one attached hydrogen (secondary N) is 1. The number of hydrogen-bond acceptors (Lipinski definition) is 4. The van der Waals surface area contributed by atoms with Crippen LogP contribution < -0.4 is 9.62 Å². The van der Waals surface area contributed by atoms with Crippen molar-refractivity contribution in [3.05, 3.63) is 94.3 Å². The quantitative estimate of drug-likeness (QED) is 0.360. The maximum absolute atomic E-state index is 13.9. The lowest BCUT2D eigenvalue weighted by Crippen LogP contribution is -2.52. The molecule has 208 valence electrons. The predicted octanol–water partition coefficient (Wildman–Crippen LogP) is 5.23. The smallest absolute Gasteiger partial charge is 0.264 e. The third-order valence-electron chi connectivity index (χ3n) is 6.32. The van der Waals surface area contributed by atoms with Gasteiger partial charge in [-0.3, -0.25) is 13.9 Å².